The Hall–Kier alpha value is -0.730. The van der Waals surface area contributed by atoms with E-state index in [9.17, 15) is 0 Å². The molecule has 1 N–H and O–H groups in total. The molecule has 78 valence electrons. The summed E-state index contributed by atoms with van der Waals surface area (Å²) < 4.78 is 5.24. The maximum atomic E-state index is 6.20. The smallest absolute Gasteiger partial charge is 0.140 e. The van der Waals surface area contributed by atoms with E-state index in [0.717, 1.165) is 34.9 Å². The van der Waals surface area contributed by atoms with Crippen LogP contribution in [-0.4, -0.2) is 20.7 Å². The Morgan fingerprint density at radius 1 is 1.43 bits per heavy atom. The van der Waals surface area contributed by atoms with Gasteiger partial charge in [0.2, 0.25) is 0 Å². The second kappa shape index (κ2) is 5.23. The maximum absolute atomic E-state index is 6.20. The second-order valence-electron chi connectivity index (χ2n) is 3.24. The standard InChI is InChI=1S/C11H16ClNO/c1-8-4-5-9(6-7-13-2)10(12)11(8)14-3/h4-5,13H,6-7H2,1-3H3. The number of benzene rings is 1. The van der Waals surface area contributed by atoms with Gasteiger partial charge in [-0.25, -0.2) is 0 Å². The molecule has 1 aromatic rings. The van der Waals surface area contributed by atoms with E-state index in [1.165, 1.54) is 0 Å². The number of halogens is 1. The number of hydrogen-bond acceptors (Lipinski definition) is 2. The first kappa shape index (κ1) is 11.3. The SMILES string of the molecule is CNCCc1ccc(C)c(OC)c1Cl. The second-order valence-corrected chi connectivity index (χ2v) is 3.62. The molecule has 0 bridgehead atoms. The highest BCUT2D eigenvalue weighted by Gasteiger charge is 2.08. The van der Waals surface area contributed by atoms with Crippen molar-refractivity contribution in [1.29, 1.82) is 0 Å². The van der Waals surface area contributed by atoms with Crippen molar-refractivity contribution in [3.8, 4) is 5.75 Å². The molecule has 2 nitrogen and oxygen atoms in total. The molecule has 1 rings (SSSR count). The molecule has 0 aliphatic heterocycles. The normalized spacial score (nSPS) is 10.3. The molecule has 0 spiro atoms. The van der Waals surface area contributed by atoms with Gasteiger partial charge < -0.3 is 10.1 Å². The van der Waals surface area contributed by atoms with Gasteiger partial charge in [0.25, 0.3) is 0 Å². The molecular formula is C11H16ClNO. The number of methoxy groups -OCH3 is 1. The molecule has 0 saturated carbocycles. The summed E-state index contributed by atoms with van der Waals surface area (Å²) in [7, 11) is 3.58. The van der Waals surface area contributed by atoms with Gasteiger partial charge in [-0.2, -0.15) is 0 Å². The molecule has 0 aromatic heterocycles. The minimum Gasteiger partial charge on any atom is -0.495 e. The predicted molar refractivity (Wildman–Crippen MR) is 60.4 cm³/mol. The third-order valence-corrected chi connectivity index (χ3v) is 2.64. The van der Waals surface area contributed by atoms with E-state index in [0.29, 0.717) is 0 Å². The molecule has 14 heavy (non-hydrogen) atoms. The van der Waals surface area contributed by atoms with Gasteiger partial charge in [-0.15, -0.1) is 0 Å². The van der Waals surface area contributed by atoms with E-state index in [-0.39, 0.29) is 0 Å². The molecule has 0 radical (unpaired) electrons. The summed E-state index contributed by atoms with van der Waals surface area (Å²) in [5.74, 6) is 0.792. The number of rotatable bonds is 4. The van der Waals surface area contributed by atoms with Gasteiger partial charge in [-0.05, 0) is 38.1 Å². The molecule has 0 heterocycles. The lowest BCUT2D eigenvalue weighted by Crippen LogP contribution is -2.10. The van der Waals surface area contributed by atoms with E-state index in [4.69, 9.17) is 16.3 Å². The van der Waals surface area contributed by atoms with Gasteiger partial charge in [0, 0.05) is 0 Å². The van der Waals surface area contributed by atoms with Crippen molar-refractivity contribution in [2.24, 2.45) is 0 Å². The fourth-order valence-electron chi connectivity index (χ4n) is 1.40. The van der Waals surface area contributed by atoms with Crippen LogP contribution in [0, 0.1) is 6.92 Å². The van der Waals surface area contributed by atoms with E-state index in [1.54, 1.807) is 7.11 Å². The zero-order valence-corrected chi connectivity index (χ0v) is 9.61. The lowest BCUT2D eigenvalue weighted by atomic mass is 10.1. The molecule has 0 aliphatic rings. The van der Waals surface area contributed by atoms with Crippen LogP contribution in [0.5, 0.6) is 5.75 Å². The van der Waals surface area contributed by atoms with Crippen LogP contribution < -0.4 is 10.1 Å². The molecule has 1 aromatic carbocycles. The topological polar surface area (TPSA) is 21.3 Å². The van der Waals surface area contributed by atoms with E-state index < -0.39 is 0 Å². The summed E-state index contributed by atoms with van der Waals surface area (Å²) in [6.07, 6.45) is 0.923. The largest absolute Gasteiger partial charge is 0.495 e. The highest BCUT2D eigenvalue weighted by atomic mass is 35.5. The van der Waals surface area contributed by atoms with Gasteiger partial charge >= 0.3 is 0 Å². The third-order valence-electron chi connectivity index (χ3n) is 2.22. The highest BCUT2D eigenvalue weighted by Crippen LogP contribution is 2.31. The average Bonchev–Trinajstić information content (AvgIpc) is 2.18. The summed E-state index contributed by atoms with van der Waals surface area (Å²) in [6, 6.07) is 4.09. The molecule has 3 heteroatoms. The Morgan fingerprint density at radius 2 is 2.14 bits per heavy atom. The number of nitrogens with one attached hydrogen (secondary N) is 1. The molecule has 0 fully saturated rings. The van der Waals surface area contributed by atoms with Crippen LogP contribution in [0.4, 0.5) is 0 Å². The molecule has 0 saturated heterocycles. The van der Waals surface area contributed by atoms with Crippen molar-refractivity contribution in [3.63, 3.8) is 0 Å². The minimum atomic E-state index is 0.739. The van der Waals surface area contributed by atoms with Crippen LogP contribution in [0.25, 0.3) is 0 Å². The Morgan fingerprint density at radius 3 is 2.71 bits per heavy atom. The van der Waals surface area contributed by atoms with Crippen LogP contribution in [-0.2, 0) is 6.42 Å². The van der Waals surface area contributed by atoms with Gasteiger partial charge in [0.1, 0.15) is 5.75 Å². The average molecular weight is 214 g/mol. The van der Waals surface area contributed by atoms with Gasteiger partial charge in [0.15, 0.2) is 0 Å². The first-order valence-electron chi connectivity index (χ1n) is 4.67. The van der Waals surface area contributed by atoms with Gasteiger partial charge in [-0.1, -0.05) is 23.7 Å². The minimum absolute atomic E-state index is 0.739. The highest BCUT2D eigenvalue weighted by molar-refractivity contribution is 6.33. The summed E-state index contributed by atoms with van der Waals surface area (Å²) in [4.78, 5) is 0. The maximum Gasteiger partial charge on any atom is 0.140 e. The van der Waals surface area contributed by atoms with Crippen LogP contribution in [0.2, 0.25) is 5.02 Å². The van der Waals surface area contributed by atoms with Crippen LogP contribution in [0.15, 0.2) is 12.1 Å². The van der Waals surface area contributed by atoms with Crippen LogP contribution in [0.3, 0.4) is 0 Å². The monoisotopic (exact) mass is 213 g/mol. The summed E-state index contributed by atoms with van der Waals surface area (Å²) in [5, 5.41) is 3.83. The Bertz CT molecular complexity index is 312. The quantitative estimate of drug-likeness (QED) is 0.830. The lowest BCUT2D eigenvalue weighted by Gasteiger charge is -2.11. The molecule has 0 atom stereocenters. The number of ether oxygens (including phenoxy) is 1. The number of hydrogen-bond donors (Lipinski definition) is 1. The molecular weight excluding hydrogens is 198 g/mol. The van der Waals surface area contributed by atoms with E-state index >= 15 is 0 Å². The van der Waals surface area contributed by atoms with E-state index in [1.807, 2.05) is 20.0 Å². The molecule has 0 unspecified atom stereocenters. The van der Waals surface area contributed by atoms with Crippen LogP contribution in [0.1, 0.15) is 11.1 Å². The Kier molecular flexibility index (Phi) is 4.23. The third kappa shape index (κ3) is 2.40. The Balaban J connectivity index is 2.96. The zero-order chi connectivity index (χ0) is 10.6. The lowest BCUT2D eigenvalue weighted by molar-refractivity contribution is 0.411. The molecule has 0 amide bonds. The summed E-state index contributed by atoms with van der Waals surface area (Å²) in [6.45, 7) is 2.92. The van der Waals surface area contributed by atoms with Crippen molar-refractivity contribution < 1.29 is 4.74 Å². The predicted octanol–water partition coefficient (Wildman–Crippen LogP) is 2.42. The first-order chi connectivity index (χ1) is 6.70. The first-order valence-corrected chi connectivity index (χ1v) is 5.05. The van der Waals surface area contributed by atoms with Crippen LogP contribution >= 0.6 is 11.6 Å². The van der Waals surface area contributed by atoms with Crippen molar-refractivity contribution in [1.82, 2.24) is 5.32 Å². The number of aryl methyl sites for hydroxylation is 1. The van der Waals surface area contributed by atoms with Crippen molar-refractivity contribution in [2.75, 3.05) is 20.7 Å². The zero-order valence-electron chi connectivity index (χ0n) is 8.86. The van der Waals surface area contributed by atoms with Gasteiger partial charge in [-0.3, -0.25) is 0 Å². The molecule has 0 aliphatic carbocycles. The Labute approximate surface area is 90.2 Å². The van der Waals surface area contributed by atoms with Crippen molar-refractivity contribution in [3.05, 3.63) is 28.3 Å². The van der Waals surface area contributed by atoms with Gasteiger partial charge in [0.05, 0.1) is 12.1 Å². The van der Waals surface area contributed by atoms with Crippen molar-refractivity contribution >= 4 is 11.6 Å². The fraction of sp³-hybridized carbons (Fsp3) is 0.455. The summed E-state index contributed by atoms with van der Waals surface area (Å²) in [5.41, 5.74) is 2.20. The summed E-state index contributed by atoms with van der Waals surface area (Å²) >= 11 is 6.20. The number of likely N-dealkylation sites (N-methyl/N-ethyl adjacent to an activating group) is 1. The van der Waals surface area contributed by atoms with E-state index in [2.05, 4.69) is 11.4 Å². The van der Waals surface area contributed by atoms with Crippen molar-refractivity contribution in [2.45, 2.75) is 13.3 Å². The fourth-order valence-corrected chi connectivity index (χ4v) is 1.78.